The van der Waals surface area contributed by atoms with Gasteiger partial charge < -0.3 is 25.0 Å². The number of fused-ring (bicyclic) bond motifs is 1. The summed E-state index contributed by atoms with van der Waals surface area (Å²) in [6.07, 6.45) is 4.25. The van der Waals surface area contributed by atoms with Gasteiger partial charge in [0.1, 0.15) is 11.6 Å². The van der Waals surface area contributed by atoms with Crippen molar-refractivity contribution >= 4 is 23.5 Å². The molecule has 0 spiro atoms. The van der Waals surface area contributed by atoms with Crippen LogP contribution in [0.4, 0.5) is 26.6 Å². The molecule has 2 heterocycles. The Morgan fingerprint density at radius 2 is 2.03 bits per heavy atom. The Kier molecular flexibility index (Phi) is 6.80. The van der Waals surface area contributed by atoms with Crippen molar-refractivity contribution in [3.8, 4) is 11.5 Å². The number of rotatable bonds is 8. The molecule has 1 aliphatic carbocycles. The summed E-state index contributed by atoms with van der Waals surface area (Å²) in [5.41, 5.74) is 0.717. The topological polar surface area (TPSA) is 120 Å². The second-order valence-electron chi connectivity index (χ2n) is 8.10. The Balaban J connectivity index is 1.74. The van der Waals surface area contributed by atoms with E-state index < -0.39 is 18.5 Å². The predicted octanol–water partition coefficient (Wildman–Crippen LogP) is 2.29. The third kappa shape index (κ3) is 4.51. The fraction of sp³-hybridized carbons (Fsp3) is 0.500. The van der Waals surface area contributed by atoms with Crippen LogP contribution in [0.25, 0.3) is 0 Å². The van der Waals surface area contributed by atoms with Crippen LogP contribution in [0.2, 0.25) is 0 Å². The summed E-state index contributed by atoms with van der Waals surface area (Å²) in [7, 11) is 2.82. The number of aromatic nitrogens is 2. The molecule has 1 aliphatic heterocycles. The fourth-order valence-corrected chi connectivity index (χ4v) is 4.24. The van der Waals surface area contributed by atoms with Gasteiger partial charge in [0.15, 0.2) is 11.6 Å². The third-order valence-electron chi connectivity index (χ3n) is 5.97. The van der Waals surface area contributed by atoms with E-state index in [1.54, 1.807) is 11.1 Å². The van der Waals surface area contributed by atoms with E-state index in [9.17, 15) is 9.90 Å². The molecule has 1 saturated carbocycles. The van der Waals surface area contributed by atoms with Gasteiger partial charge in [0, 0.05) is 36.5 Å². The highest BCUT2D eigenvalue weighted by atomic mass is 19.1. The maximum absolute atomic E-state index is 15.2. The van der Waals surface area contributed by atoms with Crippen LogP contribution in [0.5, 0.6) is 11.5 Å². The maximum Gasteiger partial charge on any atom is 0.330 e. The van der Waals surface area contributed by atoms with Gasteiger partial charge in [0.25, 0.3) is 0 Å². The molecule has 0 radical (unpaired) electrons. The Hall–Kier alpha value is -3.18. The van der Waals surface area contributed by atoms with Crippen molar-refractivity contribution in [3.05, 3.63) is 29.7 Å². The number of nitrogens with zero attached hydrogens (tertiary/aromatic N) is 4. The minimum Gasteiger partial charge on any atom is -0.497 e. The molecule has 2 aromatic rings. The van der Waals surface area contributed by atoms with E-state index in [0.717, 1.165) is 25.7 Å². The highest BCUT2D eigenvalue weighted by Crippen LogP contribution is 2.40. The molecule has 1 aromatic heterocycles. The second kappa shape index (κ2) is 9.75. The first kappa shape index (κ1) is 23.0. The van der Waals surface area contributed by atoms with Gasteiger partial charge >= 0.3 is 6.03 Å². The number of carbonyl (C=O) groups is 1. The molecule has 178 valence electrons. The number of anilines is 3. The zero-order valence-corrected chi connectivity index (χ0v) is 18.6. The van der Waals surface area contributed by atoms with Crippen LogP contribution in [-0.2, 0) is 6.54 Å². The van der Waals surface area contributed by atoms with Crippen LogP contribution in [0.15, 0.2) is 18.3 Å². The molecule has 0 bridgehead atoms. The van der Waals surface area contributed by atoms with E-state index in [2.05, 4.69) is 15.3 Å². The molecule has 10 nitrogen and oxygen atoms in total. The van der Waals surface area contributed by atoms with Crippen molar-refractivity contribution < 1.29 is 28.9 Å². The fourth-order valence-electron chi connectivity index (χ4n) is 4.24. The lowest BCUT2D eigenvalue weighted by molar-refractivity contribution is 0.105. The highest BCUT2D eigenvalue weighted by molar-refractivity contribution is 6.06. The summed E-state index contributed by atoms with van der Waals surface area (Å²) in [5.74, 6) is 0.397. The van der Waals surface area contributed by atoms with Gasteiger partial charge in [-0.25, -0.2) is 14.2 Å². The summed E-state index contributed by atoms with van der Waals surface area (Å²) in [4.78, 5) is 25.5. The van der Waals surface area contributed by atoms with Crippen LogP contribution >= 0.6 is 0 Å². The molecular weight excluding hydrogens is 433 g/mol. The number of benzene rings is 1. The van der Waals surface area contributed by atoms with Gasteiger partial charge in [-0.1, -0.05) is 12.8 Å². The average Bonchev–Trinajstić information content (AvgIpc) is 3.36. The molecule has 4 rings (SSSR count). The highest BCUT2D eigenvalue weighted by Gasteiger charge is 2.39. The number of nitrogens with one attached hydrogen (secondary N) is 1. The molecule has 1 aromatic carbocycles. The van der Waals surface area contributed by atoms with Crippen molar-refractivity contribution in [2.24, 2.45) is 0 Å². The number of methoxy groups -OCH3 is 2. The van der Waals surface area contributed by atoms with E-state index in [0.29, 0.717) is 17.1 Å². The summed E-state index contributed by atoms with van der Waals surface area (Å²) < 4.78 is 25.6. The van der Waals surface area contributed by atoms with Gasteiger partial charge in [0.05, 0.1) is 39.2 Å². The normalized spacial score (nSPS) is 17.2. The third-order valence-corrected chi connectivity index (χ3v) is 5.97. The van der Waals surface area contributed by atoms with E-state index in [1.807, 2.05) is 0 Å². The quantitative estimate of drug-likeness (QED) is 0.548. The van der Waals surface area contributed by atoms with Crippen molar-refractivity contribution in [2.45, 2.75) is 44.4 Å². The SMILES string of the molecule is COc1cc(OC)c(F)c(N2Cc3cnc(NCC(O)CO)nc3N(C3CCCC3)C2=O)c1. The van der Waals surface area contributed by atoms with E-state index in [-0.39, 0.29) is 42.5 Å². The molecule has 2 aliphatic rings. The first-order chi connectivity index (χ1) is 16.0. The van der Waals surface area contributed by atoms with E-state index in [1.165, 1.54) is 31.3 Å². The summed E-state index contributed by atoms with van der Waals surface area (Å²) in [6, 6.07) is 2.45. The summed E-state index contributed by atoms with van der Waals surface area (Å²) in [6.45, 7) is -0.257. The van der Waals surface area contributed by atoms with E-state index in [4.69, 9.17) is 14.6 Å². The van der Waals surface area contributed by atoms with Gasteiger partial charge in [-0.15, -0.1) is 0 Å². The number of hydrogen-bond donors (Lipinski definition) is 3. The minimum absolute atomic E-state index is 0.0198. The Morgan fingerprint density at radius 1 is 1.27 bits per heavy atom. The number of halogens is 1. The number of hydrogen-bond acceptors (Lipinski definition) is 8. The molecule has 1 fully saturated rings. The Labute approximate surface area is 191 Å². The van der Waals surface area contributed by atoms with Crippen LogP contribution in [0, 0.1) is 5.82 Å². The van der Waals surface area contributed by atoms with Crippen molar-refractivity contribution in [1.29, 1.82) is 0 Å². The van der Waals surface area contributed by atoms with Crippen LogP contribution < -0.4 is 24.6 Å². The first-order valence-electron chi connectivity index (χ1n) is 10.9. The van der Waals surface area contributed by atoms with Gasteiger partial charge in [0.2, 0.25) is 5.95 Å². The lowest BCUT2D eigenvalue weighted by Gasteiger charge is -2.39. The van der Waals surface area contributed by atoms with Gasteiger partial charge in [-0.05, 0) is 12.8 Å². The van der Waals surface area contributed by atoms with Gasteiger partial charge in [-0.2, -0.15) is 4.98 Å². The standard InChI is InChI=1S/C22H28FN5O5/c1-32-16-7-17(19(23)18(8-16)33-2)27-11-13-9-24-21(25-10-15(30)12-29)26-20(13)28(22(27)31)14-5-3-4-6-14/h7-9,14-15,29-30H,3-6,10-12H2,1-2H3,(H,24,25,26). The zero-order valence-electron chi connectivity index (χ0n) is 18.6. The smallest absolute Gasteiger partial charge is 0.330 e. The lowest BCUT2D eigenvalue weighted by Crippen LogP contribution is -2.52. The minimum atomic E-state index is -0.960. The van der Waals surface area contributed by atoms with Crippen LogP contribution in [-0.4, -0.2) is 65.7 Å². The van der Waals surface area contributed by atoms with Crippen LogP contribution in [0.1, 0.15) is 31.2 Å². The number of ether oxygens (including phenoxy) is 2. The number of aliphatic hydroxyl groups excluding tert-OH is 2. The molecule has 1 atom stereocenters. The molecule has 33 heavy (non-hydrogen) atoms. The number of amides is 2. The van der Waals surface area contributed by atoms with E-state index >= 15 is 4.39 Å². The van der Waals surface area contributed by atoms with Crippen molar-refractivity contribution in [3.63, 3.8) is 0 Å². The molecule has 1 unspecified atom stereocenters. The summed E-state index contributed by atoms with van der Waals surface area (Å²) >= 11 is 0. The number of aliphatic hydroxyl groups is 2. The molecular formula is C22H28FN5O5. The number of urea groups is 1. The van der Waals surface area contributed by atoms with Crippen molar-refractivity contribution in [1.82, 2.24) is 9.97 Å². The van der Waals surface area contributed by atoms with Crippen molar-refractivity contribution in [2.75, 3.05) is 42.5 Å². The average molecular weight is 461 g/mol. The first-order valence-corrected chi connectivity index (χ1v) is 10.9. The molecule has 0 saturated heterocycles. The maximum atomic E-state index is 15.2. The second-order valence-corrected chi connectivity index (χ2v) is 8.10. The monoisotopic (exact) mass is 461 g/mol. The Morgan fingerprint density at radius 3 is 2.70 bits per heavy atom. The predicted molar refractivity (Wildman–Crippen MR) is 119 cm³/mol. The molecule has 2 amide bonds. The zero-order chi connectivity index (χ0) is 23.5. The molecule has 3 N–H and O–H groups in total. The molecule has 11 heteroatoms. The number of carbonyl (C=O) groups excluding carboxylic acids is 1. The summed E-state index contributed by atoms with van der Waals surface area (Å²) in [5, 5.41) is 21.5. The Bertz CT molecular complexity index is 1020. The van der Waals surface area contributed by atoms with Crippen LogP contribution in [0.3, 0.4) is 0 Å². The lowest BCUT2D eigenvalue weighted by atomic mass is 10.1. The van der Waals surface area contributed by atoms with Gasteiger partial charge in [-0.3, -0.25) is 9.80 Å². The largest absolute Gasteiger partial charge is 0.497 e.